The van der Waals surface area contributed by atoms with Crippen LogP contribution in [0.5, 0.6) is 0 Å². The number of ether oxygens (including phenoxy) is 1. The summed E-state index contributed by atoms with van der Waals surface area (Å²) >= 11 is 0. The fourth-order valence-electron chi connectivity index (χ4n) is 0.149. The molecule has 0 aromatic carbocycles. The number of hydrogen-bond donors (Lipinski definition) is 0. The molecule has 0 saturated heterocycles. The van der Waals surface area contributed by atoms with Crippen molar-refractivity contribution in [1.29, 1.82) is 0 Å². The van der Waals surface area contributed by atoms with Gasteiger partial charge in [-0.15, -0.1) is 0 Å². The molecule has 0 fully saturated rings. The van der Waals surface area contributed by atoms with E-state index >= 15 is 0 Å². The van der Waals surface area contributed by atoms with Crippen LogP contribution in [0, 0.1) is 0 Å². The zero-order chi connectivity index (χ0) is 5.70. The molecular formula is C3H7ClO2S. The van der Waals surface area contributed by atoms with E-state index in [-0.39, 0.29) is 0 Å². The van der Waals surface area contributed by atoms with Gasteiger partial charge in [0.1, 0.15) is 5.75 Å². The van der Waals surface area contributed by atoms with Gasteiger partial charge in [0.2, 0.25) is 0 Å². The highest BCUT2D eigenvalue weighted by molar-refractivity contribution is 8.13. The smallest absolute Gasteiger partial charge is 0.174 e. The Bertz CT molecular complexity index is 41.9. The summed E-state index contributed by atoms with van der Waals surface area (Å²) in [5.41, 5.74) is 0. The van der Waals surface area contributed by atoms with Crippen molar-refractivity contribution in [3.63, 3.8) is 0 Å². The molecule has 4 heteroatoms. The lowest BCUT2D eigenvalue weighted by molar-refractivity contribution is 0.217. The average Bonchev–Trinajstić information content (AvgIpc) is 1.61. The van der Waals surface area contributed by atoms with Crippen LogP contribution in [0.25, 0.3) is 0 Å². The van der Waals surface area contributed by atoms with Crippen molar-refractivity contribution in [2.45, 2.75) is 0 Å². The van der Waals surface area contributed by atoms with E-state index in [0.29, 0.717) is 12.4 Å². The zero-order valence-corrected chi connectivity index (χ0v) is 5.59. The minimum Gasteiger partial charge on any atom is -0.599 e. The molecule has 1 atom stereocenters. The van der Waals surface area contributed by atoms with E-state index in [1.165, 1.54) is 0 Å². The van der Waals surface area contributed by atoms with E-state index in [2.05, 4.69) is 4.74 Å². The summed E-state index contributed by atoms with van der Waals surface area (Å²) in [5, 5.41) is 0. The fraction of sp³-hybridized carbons (Fsp3) is 1.00. The summed E-state index contributed by atoms with van der Waals surface area (Å²) in [6.45, 7) is 0.468. The van der Waals surface area contributed by atoms with Crippen molar-refractivity contribution in [1.82, 2.24) is 0 Å². The minimum atomic E-state index is -1.22. The van der Waals surface area contributed by atoms with Crippen molar-refractivity contribution in [2.75, 3.05) is 19.5 Å². The van der Waals surface area contributed by atoms with Crippen molar-refractivity contribution in [3.8, 4) is 0 Å². The predicted octanol–water partition coefficient (Wildman–Crippen LogP) is 0.535. The SMILES string of the molecule is COCC[S+]([O-])Cl. The van der Waals surface area contributed by atoms with Gasteiger partial charge >= 0.3 is 0 Å². The monoisotopic (exact) mass is 142 g/mol. The van der Waals surface area contributed by atoms with Crippen LogP contribution in [-0.2, 0) is 15.1 Å². The molecule has 1 unspecified atom stereocenters. The van der Waals surface area contributed by atoms with Crippen LogP contribution in [0.15, 0.2) is 0 Å². The molecule has 0 aromatic rings. The summed E-state index contributed by atoms with van der Waals surface area (Å²) in [5.74, 6) is 0.415. The molecule has 7 heavy (non-hydrogen) atoms. The average molecular weight is 143 g/mol. The van der Waals surface area contributed by atoms with E-state index in [1.54, 1.807) is 7.11 Å². The molecule has 44 valence electrons. The van der Waals surface area contributed by atoms with Crippen LogP contribution in [0.2, 0.25) is 0 Å². The van der Waals surface area contributed by atoms with Crippen molar-refractivity contribution >= 4 is 21.1 Å². The Morgan fingerprint density at radius 2 is 2.43 bits per heavy atom. The lowest BCUT2D eigenvalue weighted by Crippen LogP contribution is -2.03. The van der Waals surface area contributed by atoms with Crippen molar-refractivity contribution in [3.05, 3.63) is 0 Å². The van der Waals surface area contributed by atoms with Crippen LogP contribution in [0.4, 0.5) is 0 Å². The van der Waals surface area contributed by atoms with E-state index in [4.69, 9.17) is 10.7 Å². The Hall–Kier alpha value is 0.560. The molecule has 0 rings (SSSR count). The predicted molar refractivity (Wildman–Crippen MR) is 30.7 cm³/mol. The molecule has 0 aliphatic carbocycles. The summed E-state index contributed by atoms with van der Waals surface area (Å²) in [6.07, 6.45) is 0. The Morgan fingerprint density at radius 3 is 2.57 bits per heavy atom. The largest absolute Gasteiger partial charge is 0.599 e. The first-order valence-corrected chi connectivity index (χ1v) is 3.95. The second-order valence-corrected chi connectivity index (χ2v) is 3.01. The first-order valence-electron chi connectivity index (χ1n) is 1.81. The maximum atomic E-state index is 10.00. The molecule has 0 aromatic heterocycles. The zero-order valence-electron chi connectivity index (χ0n) is 4.02. The number of halogens is 1. The van der Waals surface area contributed by atoms with Crippen LogP contribution >= 0.6 is 10.7 Å². The third kappa shape index (κ3) is 6.56. The molecule has 0 amide bonds. The van der Waals surface area contributed by atoms with Crippen LogP contribution in [-0.4, -0.2) is 24.0 Å². The Morgan fingerprint density at radius 1 is 1.86 bits per heavy atom. The quantitative estimate of drug-likeness (QED) is 0.539. The van der Waals surface area contributed by atoms with Gasteiger partial charge in [0.15, 0.2) is 10.7 Å². The number of methoxy groups -OCH3 is 1. The van der Waals surface area contributed by atoms with Crippen LogP contribution < -0.4 is 0 Å². The summed E-state index contributed by atoms with van der Waals surface area (Å²) in [7, 11) is 5.38. The first-order chi connectivity index (χ1) is 3.27. The topological polar surface area (TPSA) is 32.3 Å². The summed E-state index contributed by atoms with van der Waals surface area (Å²) < 4.78 is 14.6. The highest BCUT2D eigenvalue weighted by Crippen LogP contribution is 1.93. The first kappa shape index (κ1) is 7.56. The molecule has 0 aliphatic rings. The van der Waals surface area contributed by atoms with Crippen molar-refractivity contribution < 1.29 is 9.29 Å². The van der Waals surface area contributed by atoms with E-state index in [1.807, 2.05) is 0 Å². The van der Waals surface area contributed by atoms with Gasteiger partial charge in [-0.25, -0.2) is 0 Å². The maximum absolute atomic E-state index is 10.00. The molecule has 0 spiro atoms. The fourth-order valence-corrected chi connectivity index (χ4v) is 0.636. The summed E-state index contributed by atoms with van der Waals surface area (Å²) in [6, 6.07) is 0. The highest BCUT2D eigenvalue weighted by Gasteiger charge is 1.97. The van der Waals surface area contributed by atoms with Gasteiger partial charge in [0.25, 0.3) is 0 Å². The second-order valence-electron chi connectivity index (χ2n) is 0.987. The minimum absolute atomic E-state index is 0.415. The molecule has 0 N–H and O–H groups in total. The van der Waals surface area contributed by atoms with E-state index in [9.17, 15) is 4.55 Å². The standard InChI is InChI=1S/C3H7ClO2S/c1-6-2-3-7(4)5/h2-3H2,1H3. The summed E-state index contributed by atoms with van der Waals surface area (Å²) in [4.78, 5) is 0. The van der Waals surface area contributed by atoms with Gasteiger partial charge in [-0.1, -0.05) is 0 Å². The lowest BCUT2D eigenvalue weighted by Gasteiger charge is -1.96. The van der Waals surface area contributed by atoms with E-state index < -0.39 is 10.4 Å². The normalized spacial score (nSPS) is 14.1. The van der Waals surface area contributed by atoms with Crippen LogP contribution in [0.1, 0.15) is 0 Å². The van der Waals surface area contributed by atoms with Gasteiger partial charge < -0.3 is 9.29 Å². The third-order valence-electron chi connectivity index (χ3n) is 0.448. The number of rotatable bonds is 3. The maximum Gasteiger partial charge on any atom is 0.174 e. The molecule has 0 bridgehead atoms. The molecule has 0 radical (unpaired) electrons. The molecule has 0 heterocycles. The van der Waals surface area contributed by atoms with Gasteiger partial charge in [-0.05, 0) is 0 Å². The molecule has 2 nitrogen and oxygen atoms in total. The lowest BCUT2D eigenvalue weighted by atomic mass is 10.9. The van der Waals surface area contributed by atoms with Crippen LogP contribution in [0.3, 0.4) is 0 Å². The van der Waals surface area contributed by atoms with Crippen molar-refractivity contribution in [2.24, 2.45) is 0 Å². The second kappa shape index (κ2) is 4.71. The van der Waals surface area contributed by atoms with E-state index in [0.717, 1.165) is 0 Å². The third-order valence-corrected chi connectivity index (χ3v) is 1.40. The Kier molecular flexibility index (Phi) is 5.09. The van der Waals surface area contributed by atoms with Gasteiger partial charge in [0.05, 0.1) is 17.0 Å². The Balaban J connectivity index is 2.68. The highest BCUT2D eigenvalue weighted by atomic mass is 35.7. The van der Waals surface area contributed by atoms with Gasteiger partial charge in [0, 0.05) is 7.11 Å². The molecular weight excluding hydrogens is 136 g/mol. The van der Waals surface area contributed by atoms with Gasteiger partial charge in [-0.3, -0.25) is 0 Å². The van der Waals surface area contributed by atoms with Gasteiger partial charge in [-0.2, -0.15) is 0 Å². The molecule has 0 saturated carbocycles. The molecule has 0 aliphatic heterocycles. The Labute approximate surface area is 50.5 Å². The number of hydrogen-bond acceptors (Lipinski definition) is 2.